The zero-order valence-corrected chi connectivity index (χ0v) is 14.1. The Morgan fingerprint density at radius 3 is 2.58 bits per heavy atom. The van der Waals surface area contributed by atoms with Crippen LogP contribution in [0.3, 0.4) is 0 Å². The fraction of sp³-hybridized carbons (Fsp3) is 0.190. The first-order valence-electron chi connectivity index (χ1n) is 7.99. The molecule has 1 heterocycles. The first kappa shape index (κ1) is 14.8. The Balaban J connectivity index is 1.96. The Bertz CT molecular complexity index is 992. The van der Waals surface area contributed by atoms with E-state index in [-0.39, 0.29) is 17.0 Å². The van der Waals surface area contributed by atoms with Gasteiger partial charge in [0, 0.05) is 35.0 Å². The van der Waals surface area contributed by atoms with Gasteiger partial charge < -0.3 is 10.0 Å². The third-order valence-electron chi connectivity index (χ3n) is 5.25. The maximum atomic E-state index is 11.5. The number of allylic oxidation sites excluding steroid dienone is 4. The van der Waals surface area contributed by atoms with Crippen LogP contribution in [0.2, 0.25) is 0 Å². The monoisotopic (exact) mass is 317 g/mol. The molecule has 0 unspecified atom stereocenters. The number of aliphatic hydroxyl groups is 1. The molecule has 3 nitrogen and oxygen atoms in total. The zero-order chi connectivity index (χ0) is 17.2. The predicted octanol–water partition coefficient (Wildman–Crippen LogP) is 4.40. The van der Waals surface area contributed by atoms with Crippen LogP contribution in [0.4, 0.5) is 5.69 Å². The third kappa shape index (κ3) is 1.70. The summed E-state index contributed by atoms with van der Waals surface area (Å²) in [4.78, 5) is 13.7. The number of carbonyl (C=O) groups excluding carboxylic acids is 1. The minimum atomic E-state index is -0.358. The van der Waals surface area contributed by atoms with E-state index in [9.17, 15) is 9.90 Å². The van der Waals surface area contributed by atoms with Crippen LogP contribution in [-0.4, -0.2) is 17.9 Å². The number of likely N-dealkylation sites (N-methyl/N-ethyl adjacent to an activating group) is 1. The van der Waals surface area contributed by atoms with Gasteiger partial charge in [-0.3, -0.25) is 4.79 Å². The first-order chi connectivity index (χ1) is 11.3. The highest BCUT2D eigenvalue weighted by molar-refractivity contribution is 6.18. The Kier molecular flexibility index (Phi) is 2.83. The first-order valence-corrected chi connectivity index (χ1v) is 7.99. The smallest absolute Gasteiger partial charge is 0.228 e. The second kappa shape index (κ2) is 4.60. The molecule has 2 aliphatic rings. The van der Waals surface area contributed by atoms with Crippen LogP contribution in [0.15, 0.2) is 71.7 Å². The Morgan fingerprint density at radius 1 is 1.17 bits per heavy atom. The second-order valence-corrected chi connectivity index (χ2v) is 6.96. The molecule has 0 amide bonds. The molecule has 24 heavy (non-hydrogen) atoms. The van der Waals surface area contributed by atoms with Crippen LogP contribution in [0.25, 0.3) is 10.8 Å². The van der Waals surface area contributed by atoms with E-state index in [1.54, 1.807) is 0 Å². The zero-order valence-electron chi connectivity index (χ0n) is 14.1. The van der Waals surface area contributed by atoms with Crippen molar-refractivity contribution in [3.63, 3.8) is 0 Å². The minimum Gasteiger partial charge on any atom is -0.504 e. The normalized spacial score (nSPS) is 20.8. The van der Waals surface area contributed by atoms with E-state index < -0.39 is 0 Å². The van der Waals surface area contributed by atoms with E-state index in [4.69, 9.17) is 0 Å². The molecule has 2 aromatic carbocycles. The number of anilines is 1. The van der Waals surface area contributed by atoms with Crippen molar-refractivity contribution in [2.45, 2.75) is 19.3 Å². The number of hydrogen-bond donors (Lipinski definition) is 1. The van der Waals surface area contributed by atoms with Crippen molar-refractivity contribution in [3.05, 3.63) is 77.2 Å². The summed E-state index contributed by atoms with van der Waals surface area (Å²) < 4.78 is 0. The molecule has 2 aromatic rings. The molecule has 0 aromatic heterocycles. The Labute approximate surface area is 141 Å². The van der Waals surface area contributed by atoms with Crippen LogP contribution >= 0.6 is 0 Å². The number of fused-ring (bicyclic) bond motifs is 3. The van der Waals surface area contributed by atoms with Crippen molar-refractivity contribution < 1.29 is 9.90 Å². The molecular weight excluding hydrogens is 298 g/mol. The SMILES string of the molecule is C=C1C(=O)C(O)=C1/C=C1/N(C)c2ccc3ccccc3c2C1(C)C. The summed E-state index contributed by atoms with van der Waals surface area (Å²) in [6.07, 6.45) is 1.90. The molecule has 0 fully saturated rings. The lowest BCUT2D eigenvalue weighted by Gasteiger charge is -2.27. The molecule has 0 saturated heterocycles. The number of hydrogen-bond acceptors (Lipinski definition) is 3. The van der Waals surface area contributed by atoms with Crippen molar-refractivity contribution in [2.75, 3.05) is 11.9 Å². The van der Waals surface area contributed by atoms with Gasteiger partial charge in [0.2, 0.25) is 5.78 Å². The number of Topliss-reactive ketones (excluding diaryl/α,β-unsaturated/α-hetero) is 1. The van der Waals surface area contributed by atoms with Gasteiger partial charge in [0.15, 0.2) is 5.76 Å². The summed E-state index contributed by atoms with van der Waals surface area (Å²) in [5, 5.41) is 12.3. The second-order valence-electron chi connectivity index (χ2n) is 6.96. The number of aliphatic hydroxyl groups excluding tert-OH is 1. The fourth-order valence-corrected chi connectivity index (χ4v) is 3.91. The van der Waals surface area contributed by atoms with Crippen LogP contribution in [-0.2, 0) is 10.2 Å². The van der Waals surface area contributed by atoms with Gasteiger partial charge in [-0.1, -0.05) is 50.8 Å². The van der Waals surface area contributed by atoms with Gasteiger partial charge >= 0.3 is 0 Å². The summed E-state index contributed by atoms with van der Waals surface area (Å²) in [5.74, 6) is -0.541. The minimum absolute atomic E-state index is 0.183. The van der Waals surface area contributed by atoms with Crippen molar-refractivity contribution >= 4 is 22.2 Å². The molecule has 0 atom stereocenters. The average Bonchev–Trinajstić information content (AvgIpc) is 2.78. The molecule has 120 valence electrons. The quantitative estimate of drug-likeness (QED) is 0.792. The summed E-state index contributed by atoms with van der Waals surface area (Å²) in [6, 6.07) is 12.6. The van der Waals surface area contributed by atoms with Gasteiger partial charge in [0.1, 0.15) is 0 Å². The van der Waals surface area contributed by atoms with Crippen molar-refractivity contribution in [3.8, 4) is 0 Å². The molecule has 4 rings (SSSR count). The largest absolute Gasteiger partial charge is 0.504 e. The molecule has 0 radical (unpaired) electrons. The Hall–Kier alpha value is -2.81. The van der Waals surface area contributed by atoms with E-state index in [0.717, 1.165) is 11.4 Å². The lowest BCUT2D eigenvalue weighted by Crippen LogP contribution is -2.26. The standard InChI is InChI=1S/C21H19NO2/c1-12-15(20(24)19(12)23)11-17-21(2,3)18-14-8-6-5-7-13(14)9-10-16(18)22(17)4/h5-11,24H,1H2,2-4H3/b17-11+. The number of rotatable bonds is 1. The predicted molar refractivity (Wildman–Crippen MR) is 97.3 cm³/mol. The lowest BCUT2D eigenvalue weighted by molar-refractivity contribution is -0.115. The molecule has 1 N–H and O–H groups in total. The number of nitrogens with zero attached hydrogens (tertiary/aromatic N) is 1. The maximum Gasteiger partial charge on any atom is 0.228 e. The highest BCUT2D eigenvalue weighted by Gasteiger charge is 2.41. The van der Waals surface area contributed by atoms with E-state index in [1.807, 2.05) is 19.2 Å². The fourth-order valence-electron chi connectivity index (χ4n) is 3.91. The number of benzene rings is 2. The van der Waals surface area contributed by atoms with E-state index >= 15 is 0 Å². The molecular formula is C21H19NO2. The number of ketones is 1. The lowest BCUT2D eigenvalue weighted by atomic mass is 9.79. The van der Waals surface area contributed by atoms with Crippen molar-refractivity contribution in [2.24, 2.45) is 0 Å². The van der Waals surface area contributed by atoms with Gasteiger partial charge in [0.05, 0.1) is 0 Å². The van der Waals surface area contributed by atoms with Gasteiger partial charge in [-0.2, -0.15) is 0 Å². The molecule has 1 aliphatic carbocycles. The topological polar surface area (TPSA) is 40.5 Å². The van der Waals surface area contributed by atoms with Gasteiger partial charge in [0.25, 0.3) is 0 Å². The molecule has 3 heteroatoms. The van der Waals surface area contributed by atoms with E-state index in [0.29, 0.717) is 11.1 Å². The van der Waals surface area contributed by atoms with Crippen molar-refractivity contribution in [1.29, 1.82) is 0 Å². The summed E-state index contributed by atoms with van der Waals surface area (Å²) in [7, 11) is 2.02. The van der Waals surface area contributed by atoms with Crippen LogP contribution in [0, 0.1) is 0 Å². The van der Waals surface area contributed by atoms with E-state index in [2.05, 4.69) is 55.7 Å². The van der Waals surface area contributed by atoms with Gasteiger partial charge in [-0.05, 0) is 28.5 Å². The van der Waals surface area contributed by atoms with Gasteiger partial charge in [-0.15, -0.1) is 0 Å². The molecule has 0 bridgehead atoms. The average molecular weight is 317 g/mol. The highest BCUT2D eigenvalue weighted by atomic mass is 16.3. The summed E-state index contributed by atoms with van der Waals surface area (Å²) in [5.41, 5.74) is 4.16. The Morgan fingerprint density at radius 2 is 1.88 bits per heavy atom. The van der Waals surface area contributed by atoms with Crippen LogP contribution < -0.4 is 4.90 Å². The maximum absolute atomic E-state index is 11.5. The molecule has 0 saturated carbocycles. The number of carbonyl (C=O) groups is 1. The summed E-state index contributed by atoms with van der Waals surface area (Å²) >= 11 is 0. The highest BCUT2D eigenvalue weighted by Crippen LogP contribution is 2.50. The summed E-state index contributed by atoms with van der Waals surface area (Å²) in [6.45, 7) is 8.11. The van der Waals surface area contributed by atoms with Crippen LogP contribution in [0.5, 0.6) is 0 Å². The van der Waals surface area contributed by atoms with Crippen LogP contribution in [0.1, 0.15) is 19.4 Å². The van der Waals surface area contributed by atoms with Gasteiger partial charge in [-0.25, -0.2) is 0 Å². The molecule has 0 spiro atoms. The molecule has 1 aliphatic heterocycles. The van der Waals surface area contributed by atoms with E-state index in [1.165, 1.54) is 16.3 Å². The van der Waals surface area contributed by atoms with Crippen molar-refractivity contribution in [1.82, 2.24) is 0 Å². The third-order valence-corrected chi connectivity index (χ3v) is 5.25.